The zero-order valence-corrected chi connectivity index (χ0v) is 14.5. The van der Waals surface area contributed by atoms with Crippen molar-refractivity contribution < 1.29 is 4.74 Å². The Balaban J connectivity index is 2.52. The van der Waals surface area contributed by atoms with Crippen LogP contribution >= 0.6 is 27.5 Å². The van der Waals surface area contributed by atoms with E-state index < -0.39 is 0 Å². The van der Waals surface area contributed by atoms with Gasteiger partial charge in [-0.25, -0.2) is 4.99 Å². The summed E-state index contributed by atoms with van der Waals surface area (Å²) >= 11 is 9.46. The molecule has 2 rings (SSSR count). The molecule has 22 heavy (non-hydrogen) atoms. The second-order valence-electron chi connectivity index (χ2n) is 4.51. The second kappa shape index (κ2) is 7.43. The Morgan fingerprint density at radius 3 is 2.73 bits per heavy atom. The highest BCUT2D eigenvalue weighted by Gasteiger charge is 2.10. The van der Waals surface area contributed by atoms with Crippen LogP contribution in [0.15, 0.2) is 71.2 Å². The first-order valence-corrected chi connectivity index (χ1v) is 7.72. The van der Waals surface area contributed by atoms with Crippen LogP contribution in [0.4, 0.5) is 5.69 Å². The normalized spacial score (nSPS) is 11.1. The molecule has 0 aliphatic carbocycles. The van der Waals surface area contributed by atoms with Crippen LogP contribution < -0.4 is 4.74 Å². The molecule has 0 atom stereocenters. The van der Waals surface area contributed by atoms with Crippen molar-refractivity contribution >= 4 is 44.0 Å². The summed E-state index contributed by atoms with van der Waals surface area (Å²) in [6.07, 6.45) is 1.50. The minimum absolute atomic E-state index is 0.335. The zero-order chi connectivity index (χ0) is 16.1. The van der Waals surface area contributed by atoms with Crippen molar-refractivity contribution in [3.63, 3.8) is 0 Å². The van der Waals surface area contributed by atoms with Crippen LogP contribution in [0, 0.1) is 0 Å². The zero-order valence-electron chi connectivity index (χ0n) is 12.1. The number of aliphatic imine (C=N–C) groups is 1. The first-order valence-electron chi connectivity index (χ1n) is 6.55. The van der Waals surface area contributed by atoms with E-state index in [1.165, 1.54) is 6.08 Å². The van der Waals surface area contributed by atoms with E-state index in [2.05, 4.69) is 34.1 Å². The van der Waals surface area contributed by atoms with Crippen LogP contribution in [0.5, 0.6) is 5.75 Å². The molecule has 0 aromatic heterocycles. The van der Waals surface area contributed by atoms with Crippen LogP contribution in [-0.4, -0.2) is 12.3 Å². The minimum atomic E-state index is 0.335. The standard InChI is InChI=1S/C18H15BrClNO/c1-4-18(20)21-17-9-8-14(19)11-16(17)12(2)13-6-5-7-15(10-13)22-3/h4-11H,1-2H2,3H3/b21-18+. The number of nitrogens with zero attached hydrogens (tertiary/aromatic N) is 1. The first-order chi connectivity index (χ1) is 10.5. The van der Waals surface area contributed by atoms with Gasteiger partial charge in [0.25, 0.3) is 0 Å². The third kappa shape index (κ3) is 3.87. The van der Waals surface area contributed by atoms with Crippen LogP contribution in [0.2, 0.25) is 0 Å². The molecule has 0 amide bonds. The van der Waals surface area contributed by atoms with Crippen LogP contribution in [0.3, 0.4) is 0 Å². The number of rotatable bonds is 5. The maximum absolute atomic E-state index is 5.98. The Labute approximate surface area is 143 Å². The summed E-state index contributed by atoms with van der Waals surface area (Å²) in [6, 6.07) is 13.5. The molecule has 0 radical (unpaired) electrons. The Bertz CT molecular complexity index is 753. The predicted molar refractivity (Wildman–Crippen MR) is 98.4 cm³/mol. The van der Waals surface area contributed by atoms with E-state index in [0.717, 1.165) is 32.6 Å². The minimum Gasteiger partial charge on any atom is -0.497 e. The summed E-state index contributed by atoms with van der Waals surface area (Å²) in [7, 11) is 1.64. The molecule has 112 valence electrons. The lowest BCUT2D eigenvalue weighted by Crippen LogP contribution is -1.90. The fraction of sp³-hybridized carbons (Fsp3) is 0.0556. The predicted octanol–water partition coefficient (Wildman–Crippen LogP) is 5.97. The molecule has 2 nitrogen and oxygen atoms in total. The van der Waals surface area contributed by atoms with Gasteiger partial charge in [0.15, 0.2) is 0 Å². The van der Waals surface area contributed by atoms with Crippen molar-refractivity contribution in [3.05, 3.63) is 77.3 Å². The molecule has 0 aliphatic heterocycles. The van der Waals surface area contributed by atoms with Crippen molar-refractivity contribution in [2.75, 3.05) is 7.11 Å². The molecule has 4 heteroatoms. The van der Waals surface area contributed by atoms with E-state index in [1.807, 2.05) is 42.5 Å². The fourth-order valence-electron chi connectivity index (χ4n) is 1.97. The first kappa shape index (κ1) is 16.5. The fourth-order valence-corrected chi connectivity index (χ4v) is 2.43. The van der Waals surface area contributed by atoms with Crippen molar-refractivity contribution in [2.24, 2.45) is 4.99 Å². The highest BCUT2D eigenvalue weighted by molar-refractivity contribution is 9.10. The maximum Gasteiger partial charge on any atom is 0.129 e. The number of hydrogen-bond donors (Lipinski definition) is 0. The van der Waals surface area contributed by atoms with Gasteiger partial charge in [-0.3, -0.25) is 0 Å². The third-order valence-electron chi connectivity index (χ3n) is 3.10. The molecule has 0 bridgehead atoms. The van der Waals surface area contributed by atoms with Gasteiger partial charge in [-0.2, -0.15) is 0 Å². The molecule has 0 aliphatic rings. The number of hydrogen-bond acceptors (Lipinski definition) is 2. The van der Waals surface area contributed by atoms with E-state index in [-0.39, 0.29) is 0 Å². The average Bonchev–Trinajstić information content (AvgIpc) is 2.55. The molecule has 0 saturated carbocycles. The molecule has 0 heterocycles. The summed E-state index contributed by atoms with van der Waals surface area (Å²) in [5.41, 5.74) is 3.43. The topological polar surface area (TPSA) is 21.6 Å². The van der Waals surface area contributed by atoms with Gasteiger partial charge < -0.3 is 4.74 Å². The largest absolute Gasteiger partial charge is 0.497 e. The maximum atomic E-state index is 5.98. The van der Waals surface area contributed by atoms with Crippen molar-refractivity contribution in [3.8, 4) is 5.75 Å². The lowest BCUT2D eigenvalue weighted by atomic mass is 9.98. The molecule has 2 aromatic rings. The molecular weight excluding hydrogens is 362 g/mol. The number of halogens is 2. The summed E-state index contributed by atoms with van der Waals surface area (Å²) in [5.74, 6) is 0.780. The highest BCUT2D eigenvalue weighted by Crippen LogP contribution is 2.34. The molecule has 0 N–H and O–H groups in total. The summed E-state index contributed by atoms with van der Waals surface area (Å²) in [6.45, 7) is 7.81. The number of ether oxygens (including phenoxy) is 1. The second-order valence-corrected chi connectivity index (χ2v) is 5.81. The summed E-state index contributed by atoms with van der Waals surface area (Å²) in [5, 5.41) is 0.335. The van der Waals surface area contributed by atoms with Crippen LogP contribution in [0.1, 0.15) is 11.1 Å². The molecule has 0 unspecified atom stereocenters. The summed E-state index contributed by atoms with van der Waals surface area (Å²) in [4.78, 5) is 4.36. The Morgan fingerprint density at radius 1 is 1.27 bits per heavy atom. The molecule has 0 fully saturated rings. The Kier molecular flexibility index (Phi) is 5.58. The monoisotopic (exact) mass is 375 g/mol. The average molecular weight is 377 g/mol. The summed E-state index contributed by atoms with van der Waals surface area (Å²) < 4.78 is 6.21. The van der Waals surface area contributed by atoms with Gasteiger partial charge in [0.2, 0.25) is 0 Å². The van der Waals surface area contributed by atoms with E-state index in [1.54, 1.807) is 7.11 Å². The lowest BCUT2D eigenvalue weighted by molar-refractivity contribution is 0.414. The van der Waals surface area contributed by atoms with Crippen molar-refractivity contribution in [1.29, 1.82) is 0 Å². The van der Waals surface area contributed by atoms with E-state index in [9.17, 15) is 0 Å². The van der Waals surface area contributed by atoms with Crippen molar-refractivity contribution in [1.82, 2.24) is 0 Å². The highest BCUT2D eigenvalue weighted by atomic mass is 79.9. The smallest absolute Gasteiger partial charge is 0.129 e. The Morgan fingerprint density at radius 2 is 2.05 bits per heavy atom. The van der Waals surface area contributed by atoms with Crippen molar-refractivity contribution in [2.45, 2.75) is 0 Å². The molecular formula is C18H15BrClNO. The van der Waals surface area contributed by atoms with Gasteiger partial charge in [-0.05, 0) is 47.5 Å². The third-order valence-corrected chi connectivity index (χ3v) is 3.83. The van der Waals surface area contributed by atoms with E-state index in [0.29, 0.717) is 5.17 Å². The molecule has 0 spiro atoms. The van der Waals surface area contributed by atoms with Gasteiger partial charge in [0.1, 0.15) is 10.9 Å². The number of allylic oxidation sites excluding steroid dienone is 1. The van der Waals surface area contributed by atoms with Crippen LogP contribution in [-0.2, 0) is 0 Å². The van der Waals surface area contributed by atoms with Gasteiger partial charge >= 0.3 is 0 Å². The van der Waals surface area contributed by atoms with E-state index in [4.69, 9.17) is 16.3 Å². The quantitative estimate of drug-likeness (QED) is 0.589. The Hall–Kier alpha value is -1.84. The van der Waals surface area contributed by atoms with Gasteiger partial charge in [0, 0.05) is 10.0 Å². The molecule has 0 saturated heterocycles. The number of methoxy groups -OCH3 is 1. The SMILES string of the molecule is C=C/C(Cl)=N\c1ccc(Br)cc1C(=C)c1cccc(OC)c1. The lowest BCUT2D eigenvalue weighted by Gasteiger charge is -2.11. The van der Waals surface area contributed by atoms with Gasteiger partial charge in [-0.15, -0.1) is 0 Å². The van der Waals surface area contributed by atoms with Gasteiger partial charge in [-0.1, -0.05) is 52.8 Å². The van der Waals surface area contributed by atoms with Crippen LogP contribution in [0.25, 0.3) is 5.57 Å². The van der Waals surface area contributed by atoms with E-state index >= 15 is 0 Å². The van der Waals surface area contributed by atoms with Gasteiger partial charge in [0.05, 0.1) is 12.8 Å². The number of benzene rings is 2. The molecule has 2 aromatic carbocycles.